The zero-order valence-electron chi connectivity index (χ0n) is 10.5. The number of halogens is 2. The number of benzene rings is 2. The Hall–Kier alpha value is -1.91. The normalized spacial score (nSPS) is 10.9. The second kappa shape index (κ2) is 4.89. The minimum absolute atomic E-state index is 0.339. The highest BCUT2D eigenvalue weighted by atomic mass is 35.5. The Balaban J connectivity index is 2.20. The van der Waals surface area contributed by atoms with Gasteiger partial charge in [0.1, 0.15) is 5.75 Å². The van der Waals surface area contributed by atoms with Crippen LogP contribution in [0.5, 0.6) is 5.75 Å². The minimum atomic E-state index is 0.339. The highest BCUT2D eigenvalue weighted by molar-refractivity contribution is 6.39. The molecule has 0 aliphatic carbocycles. The van der Waals surface area contributed by atoms with E-state index in [1.54, 1.807) is 19.2 Å². The average molecular weight is 309 g/mol. The first kappa shape index (κ1) is 13.1. The Morgan fingerprint density at radius 3 is 2.55 bits per heavy atom. The van der Waals surface area contributed by atoms with Crippen LogP contribution < -0.4 is 10.5 Å². The number of ether oxygens (including phenoxy) is 1. The van der Waals surface area contributed by atoms with Crippen molar-refractivity contribution in [3.05, 3.63) is 40.4 Å². The number of oxazole rings is 1. The van der Waals surface area contributed by atoms with Gasteiger partial charge in [0.05, 0.1) is 22.8 Å². The third-order valence-corrected chi connectivity index (χ3v) is 3.55. The fourth-order valence-electron chi connectivity index (χ4n) is 1.92. The SMILES string of the molecule is COc1cccc2oc(-c3cc(Cl)c(N)c(Cl)c3)nc12. The average Bonchev–Trinajstić information content (AvgIpc) is 2.88. The predicted octanol–water partition coefficient (Wildman–Crippen LogP) is 4.39. The summed E-state index contributed by atoms with van der Waals surface area (Å²) in [7, 11) is 1.58. The molecule has 3 rings (SSSR count). The first-order valence-electron chi connectivity index (χ1n) is 5.78. The second-order valence-corrected chi connectivity index (χ2v) is 4.99. The van der Waals surface area contributed by atoms with Crippen molar-refractivity contribution in [1.82, 2.24) is 4.98 Å². The van der Waals surface area contributed by atoms with Crippen LogP contribution >= 0.6 is 23.2 Å². The number of nitrogen functional groups attached to an aromatic ring is 1. The quantitative estimate of drug-likeness (QED) is 0.713. The maximum Gasteiger partial charge on any atom is 0.227 e. The molecular weight excluding hydrogens is 299 g/mol. The maximum absolute atomic E-state index is 6.02. The van der Waals surface area contributed by atoms with Crippen LogP contribution in [0.3, 0.4) is 0 Å². The van der Waals surface area contributed by atoms with Gasteiger partial charge in [-0.3, -0.25) is 0 Å². The summed E-state index contributed by atoms with van der Waals surface area (Å²) in [6.45, 7) is 0. The number of nitrogens with two attached hydrogens (primary N) is 1. The molecular formula is C14H10Cl2N2O2. The molecule has 0 atom stereocenters. The first-order valence-corrected chi connectivity index (χ1v) is 6.54. The summed E-state index contributed by atoms with van der Waals surface area (Å²) < 4.78 is 10.9. The molecule has 2 N–H and O–H groups in total. The molecule has 102 valence electrons. The largest absolute Gasteiger partial charge is 0.494 e. The molecule has 0 aliphatic rings. The lowest BCUT2D eigenvalue weighted by Gasteiger charge is -2.03. The lowest BCUT2D eigenvalue weighted by molar-refractivity contribution is 0.419. The monoisotopic (exact) mass is 308 g/mol. The summed E-state index contributed by atoms with van der Waals surface area (Å²) in [5.41, 5.74) is 7.99. The van der Waals surface area contributed by atoms with E-state index >= 15 is 0 Å². The molecule has 6 heteroatoms. The Morgan fingerprint density at radius 2 is 1.90 bits per heavy atom. The molecule has 3 aromatic rings. The molecule has 0 radical (unpaired) electrons. The summed E-state index contributed by atoms with van der Waals surface area (Å²) in [6, 6.07) is 8.80. The van der Waals surface area contributed by atoms with Crippen molar-refractivity contribution in [2.45, 2.75) is 0 Å². The van der Waals surface area contributed by atoms with E-state index in [2.05, 4.69) is 4.98 Å². The number of para-hydroxylation sites is 1. The summed E-state index contributed by atoms with van der Waals surface area (Å²) >= 11 is 12.0. The number of hydrogen-bond acceptors (Lipinski definition) is 4. The molecule has 0 unspecified atom stereocenters. The van der Waals surface area contributed by atoms with Gasteiger partial charge in [0, 0.05) is 5.56 Å². The molecule has 0 aliphatic heterocycles. The standard InChI is InChI=1S/C14H10Cl2N2O2/c1-19-10-3-2-4-11-13(10)18-14(20-11)7-5-8(15)12(17)9(16)6-7/h2-6H,17H2,1H3. The molecule has 1 heterocycles. The van der Waals surface area contributed by atoms with Crippen molar-refractivity contribution < 1.29 is 9.15 Å². The molecule has 0 amide bonds. The highest BCUT2D eigenvalue weighted by Gasteiger charge is 2.14. The third-order valence-electron chi connectivity index (χ3n) is 2.93. The van der Waals surface area contributed by atoms with E-state index in [1.807, 2.05) is 18.2 Å². The van der Waals surface area contributed by atoms with Crippen molar-refractivity contribution in [3.8, 4) is 17.2 Å². The number of aromatic nitrogens is 1. The zero-order chi connectivity index (χ0) is 14.3. The Bertz CT molecular complexity index is 776. The van der Waals surface area contributed by atoms with Gasteiger partial charge in [0.15, 0.2) is 11.1 Å². The van der Waals surface area contributed by atoms with Gasteiger partial charge in [-0.25, -0.2) is 4.98 Å². The van der Waals surface area contributed by atoms with Crippen molar-refractivity contribution in [1.29, 1.82) is 0 Å². The molecule has 2 aromatic carbocycles. The van der Waals surface area contributed by atoms with Crippen LogP contribution in [-0.2, 0) is 0 Å². The Labute approximate surface area is 125 Å². The Kier molecular flexibility index (Phi) is 3.20. The van der Waals surface area contributed by atoms with Gasteiger partial charge in [-0.1, -0.05) is 29.3 Å². The van der Waals surface area contributed by atoms with E-state index in [0.717, 1.165) is 0 Å². The van der Waals surface area contributed by atoms with E-state index in [-0.39, 0.29) is 0 Å². The molecule has 0 spiro atoms. The van der Waals surface area contributed by atoms with Gasteiger partial charge in [-0.05, 0) is 24.3 Å². The van der Waals surface area contributed by atoms with Gasteiger partial charge in [0.2, 0.25) is 5.89 Å². The minimum Gasteiger partial charge on any atom is -0.494 e. The number of rotatable bonds is 2. The van der Waals surface area contributed by atoms with Crippen molar-refractivity contribution in [3.63, 3.8) is 0 Å². The second-order valence-electron chi connectivity index (χ2n) is 4.18. The number of methoxy groups -OCH3 is 1. The van der Waals surface area contributed by atoms with E-state index < -0.39 is 0 Å². The third kappa shape index (κ3) is 2.07. The van der Waals surface area contributed by atoms with Crippen molar-refractivity contribution in [2.24, 2.45) is 0 Å². The highest BCUT2D eigenvalue weighted by Crippen LogP contribution is 2.35. The van der Waals surface area contributed by atoms with Gasteiger partial charge in [0.25, 0.3) is 0 Å². The zero-order valence-corrected chi connectivity index (χ0v) is 12.0. The topological polar surface area (TPSA) is 61.3 Å². The van der Waals surface area contributed by atoms with E-state index in [1.165, 1.54) is 0 Å². The van der Waals surface area contributed by atoms with Crippen LogP contribution in [0, 0.1) is 0 Å². The molecule has 0 saturated heterocycles. The predicted molar refractivity (Wildman–Crippen MR) is 80.4 cm³/mol. The lowest BCUT2D eigenvalue weighted by Crippen LogP contribution is -1.89. The van der Waals surface area contributed by atoms with Crippen LogP contribution in [0.15, 0.2) is 34.7 Å². The summed E-state index contributed by atoms with van der Waals surface area (Å²) in [5, 5.41) is 0.725. The summed E-state index contributed by atoms with van der Waals surface area (Å²) in [4.78, 5) is 4.42. The maximum atomic E-state index is 6.02. The van der Waals surface area contributed by atoms with Crippen molar-refractivity contribution in [2.75, 3.05) is 12.8 Å². The van der Waals surface area contributed by atoms with Crippen LogP contribution in [0.2, 0.25) is 10.0 Å². The van der Waals surface area contributed by atoms with E-state index in [4.69, 9.17) is 38.1 Å². The fourth-order valence-corrected chi connectivity index (χ4v) is 2.41. The van der Waals surface area contributed by atoms with Crippen LogP contribution in [0.4, 0.5) is 5.69 Å². The number of hydrogen-bond donors (Lipinski definition) is 1. The smallest absolute Gasteiger partial charge is 0.227 e. The van der Waals surface area contributed by atoms with E-state index in [9.17, 15) is 0 Å². The van der Waals surface area contributed by atoms with Crippen LogP contribution in [0.1, 0.15) is 0 Å². The summed E-state index contributed by atoms with van der Waals surface area (Å²) in [5.74, 6) is 1.05. The van der Waals surface area contributed by atoms with Crippen molar-refractivity contribution >= 4 is 40.0 Å². The fraction of sp³-hybridized carbons (Fsp3) is 0.0714. The van der Waals surface area contributed by atoms with Crippen LogP contribution in [0.25, 0.3) is 22.6 Å². The number of fused-ring (bicyclic) bond motifs is 1. The molecule has 0 fully saturated rings. The van der Waals surface area contributed by atoms with Gasteiger partial charge < -0.3 is 14.9 Å². The molecule has 1 aromatic heterocycles. The van der Waals surface area contributed by atoms with Gasteiger partial charge in [-0.15, -0.1) is 0 Å². The molecule has 20 heavy (non-hydrogen) atoms. The number of nitrogens with zero attached hydrogens (tertiary/aromatic N) is 1. The number of anilines is 1. The Morgan fingerprint density at radius 1 is 1.20 bits per heavy atom. The van der Waals surface area contributed by atoms with E-state index in [0.29, 0.717) is 44.0 Å². The van der Waals surface area contributed by atoms with Gasteiger partial charge in [-0.2, -0.15) is 0 Å². The lowest BCUT2D eigenvalue weighted by atomic mass is 10.2. The summed E-state index contributed by atoms with van der Waals surface area (Å²) in [6.07, 6.45) is 0. The first-order chi connectivity index (χ1) is 9.60. The molecule has 0 saturated carbocycles. The molecule has 0 bridgehead atoms. The van der Waals surface area contributed by atoms with Crippen LogP contribution in [-0.4, -0.2) is 12.1 Å². The molecule has 4 nitrogen and oxygen atoms in total. The van der Waals surface area contributed by atoms with Gasteiger partial charge >= 0.3 is 0 Å².